The van der Waals surface area contributed by atoms with E-state index in [1.165, 1.54) is 6.26 Å². The first-order valence-corrected chi connectivity index (χ1v) is 12.1. The largest absolute Gasteiger partial charge is 0.469 e. The van der Waals surface area contributed by atoms with E-state index >= 15 is 0 Å². The fourth-order valence-electron chi connectivity index (χ4n) is 6.17. The lowest BCUT2D eigenvalue weighted by molar-refractivity contribution is -0.128. The topological polar surface area (TPSA) is 67.6 Å². The summed E-state index contributed by atoms with van der Waals surface area (Å²) in [6.07, 6.45) is 5.31. The Bertz CT molecular complexity index is 1390. The van der Waals surface area contributed by atoms with Crippen molar-refractivity contribution in [2.45, 2.75) is 38.8 Å². The summed E-state index contributed by atoms with van der Waals surface area (Å²) in [5, 5.41) is 0.572. The molecule has 5 nitrogen and oxygen atoms in total. The number of carbonyl (C=O) groups is 3. The number of ketones is 3. The van der Waals surface area contributed by atoms with Gasteiger partial charge >= 0.3 is 0 Å². The van der Waals surface area contributed by atoms with Crippen molar-refractivity contribution in [3.63, 3.8) is 0 Å². The van der Waals surface area contributed by atoms with E-state index < -0.39 is 28.8 Å². The number of rotatable bonds is 2. The van der Waals surface area contributed by atoms with Crippen LogP contribution < -0.4 is 4.90 Å². The van der Waals surface area contributed by atoms with Gasteiger partial charge in [-0.3, -0.25) is 14.4 Å². The van der Waals surface area contributed by atoms with Crippen LogP contribution in [0.15, 0.2) is 71.4 Å². The second-order valence-corrected chi connectivity index (χ2v) is 11.0. The molecule has 1 aliphatic carbocycles. The molecule has 1 fully saturated rings. The van der Waals surface area contributed by atoms with E-state index in [1.54, 1.807) is 42.5 Å². The number of hydrogen-bond acceptors (Lipinski definition) is 5. The van der Waals surface area contributed by atoms with Gasteiger partial charge in [0.1, 0.15) is 17.2 Å². The first kappa shape index (κ1) is 22.1. The summed E-state index contributed by atoms with van der Waals surface area (Å²) in [6.45, 7) is 5.60. The van der Waals surface area contributed by atoms with Crippen LogP contribution in [0, 0.1) is 10.8 Å². The Morgan fingerprint density at radius 2 is 1.69 bits per heavy atom. The number of Topliss-reactive ketones (excluding diaryl/α,β-unsaturated/α-hetero) is 3. The van der Waals surface area contributed by atoms with E-state index in [9.17, 15) is 14.4 Å². The van der Waals surface area contributed by atoms with E-state index in [-0.39, 0.29) is 17.3 Å². The zero-order chi connectivity index (χ0) is 24.7. The molecule has 35 heavy (non-hydrogen) atoms. The average Bonchev–Trinajstić information content (AvgIpc) is 3.51. The highest BCUT2D eigenvalue weighted by Gasteiger charge is 2.72. The Morgan fingerprint density at radius 1 is 1.00 bits per heavy atom. The number of nitrogens with zero attached hydrogens (tertiary/aromatic N) is 1. The number of halogens is 1. The van der Waals surface area contributed by atoms with Crippen LogP contribution in [0.3, 0.4) is 0 Å². The normalized spacial score (nSPS) is 24.0. The van der Waals surface area contributed by atoms with Crippen molar-refractivity contribution in [3.05, 3.63) is 94.4 Å². The van der Waals surface area contributed by atoms with Crippen molar-refractivity contribution in [1.82, 2.24) is 0 Å². The number of fused-ring (bicyclic) bond motifs is 5. The summed E-state index contributed by atoms with van der Waals surface area (Å²) in [5.41, 5.74) is 0.152. The number of benzene rings is 2. The summed E-state index contributed by atoms with van der Waals surface area (Å²) >= 11 is 6.29. The van der Waals surface area contributed by atoms with Crippen molar-refractivity contribution < 1.29 is 18.8 Å². The average molecular weight is 486 g/mol. The lowest BCUT2D eigenvalue weighted by Crippen LogP contribution is -2.49. The maximum absolute atomic E-state index is 14.3. The molecule has 0 N–H and O–H groups in total. The van der Waals surface area contributed by atoms with Crippen LogP contribution in [0.2, 0.25) is 5.02 Å². The zero-order valence-corrected chi connectivity index (χ0v) is 20.4. The van der Waals surface area contributed by atoms with Gasteiger partial charge in [0.2, 0.25) is 0 Å². The van der Waals surface area contributed by atoms with E-state index in [4.69, 9.17) is 16.0 Å². The third kappa shape index (κ3) is 2.79. The van der Waals surface area contributed by atoms with Crippen LogP contribution in [-0.2, 0) is 4.79 Å². The number of hydrogen-bond donors (Lipinski definition) is 0. The maximum atomic E-state index is 14.3. The van der Waals surface area contributed by atoms with Gasteiger partial charge in [-0.15, -0.1) is 0 Å². The van der Waals surface area contributed by atoms with Crippen molar-refractivity contribution in [3.8, 4) is 0 Å². The molecule has 3 heterocycles. The van der Waals surface area contributed by atoms with Gasteiger partial charge < -0.3 is 9.32 Å². The molecule has 2 aliphatic heterocycles. The molecular weight excluding hydrogens is 462 g/mol. The highest BCUT2D eigenvalue weighted by atomic mass is 35.5. The van der Waals surface area contributed by atoms with E-state index in [2.05, 4.69) is 0 Å². The second-order valence-electron chi connectivity index (χ2n) is 10.5. The first-order valence-electron chi connectivity index (χ1n) is 11.7. The molecule has 0 unspecified atom stereocenters. The Hall–Kier alpha value is -3.44. The van der Waals surface area contributed by atoms with Crippen molar-refractivity contribution >= 4 is 40.7 Å². The van der Waals surface area contributed by atoms with Crippen molar-refractivity contribution in [2.24, 2.45) is 10.8 Å². The van der Waals surface area contributed by atoms with Gasteiger partial charge in [0.25, 0.3) is 0 Å². The number of carbonyl (C=O) groups excluding carboxylic acids is 3. The lowest BCUT2D eigenvalue weighted by Gasteiger charge is -2.38. The smallest absolute Gasteiger partial charge is 0.180 e. The third-order valence-corrected chi connectivity index (χ3v) is 7.86. The summed E-state index contributed by atoms with van der Waals surface area (Å²) in [6, 6.07) is 14.5. The molecule has 1 saturated heterocycles. The zero-order valence-electron chi connectivity index (χ0n) is 19.6. The summed E-state index contributed by atoms with van der Waals surface area (Å²) < 4.78 is 5.88. The van der Waals surface area contributed by atoms with Gasteiger partial charge in [-0.1, -0.05) is 68.8 Å². The van der Waals surface area contributed by atoms with E-state index in [1.807, 2.05) is 50.0 Å². The molecule has 176 valence electrons. The minimum atomic E-state index is -1.53. The summed E-state index contributed by atoms with van der Waals surface area (Å²) in [7, 11) is 0. The van der Waals surface area contributed by atoms with E-state index in [0.717, 1.165) is 11.3 Å². The van der Waals surface area contributed by atoms with Crippen LogP contribution in [0.25, 0.3) is 6.08 Å². The van der Waals surface area contributed by atoms with Gasteiger partial charge in [-0.25, -0.2) is 0 Å². The highest BCUT2D eigenvalue weighted by molar-refractivity contribution is 6.32. The Labute approximate surface area is 208 Å². The van der Waals surface area contributed by atoms with Gasteiger partial charge in [-0.2, -0.15) is 0 Å². The molecule has 1 spiro atoms. The fraction of sp³-hybridized carbons (Fsp3) is 0.276. The van der Waals surface area contributed by atoms with Gasteiger partial charge in [-0.05, 0) is 35.9 Å². The van der Waals surface area contributed by atoms with Crippen LogP contribution in [0.5, 0.6) is 0 Å². The van der Waals surface area contributed by atoms with Gasteiger partial charge in [0, 0.05) is 27.3 Å². The maximum Gasteiger partial charge on any atom is 0.180 e. The monoisotopic (exact) mass is 485 g/mol. The van der Waals surface area contributed by atoms with Gasteiger partial charge in [0.05, 0.1) is 18.2 Å². The highest BCUT2D eigenvalue weighted by Crippen LogP contribution is 2.61. The molecule has 0 saturated carbocycles. The summed E-state index contributed by atoms with van der Waals surface area (Å²) in [5.74, 6) is -0.927. The molecule has 3 aromatic rings. The molecule has 6 heteroatoms. The Kier molecular flexibility index (Phi) is 4.59. The number of anilines is 1. The van der Waals surface area contributed by atoms with Crippen LogP contribution >= 0.6 is 11.6 Å². The van der Waals surface area contributed by atoms with E-state index in [0.29, 0.717) is 21.9 Å². The number of furan rings is 1. The molecule has 3 atom stereocenters. The van der Waals surface area contributed by atoms with Crippen LogP contribution in [0.1, 0.15) is 58.7 Å². The standard InChI is InChI=1S/C29H24ClNO4/c1-28(2,3)27(34)24-23(21-9-6-14-35-21)29(25(32)18-7-4-5-8-19(18)26(29)33)22-13-10-16-15-17(30)11-12-20(16)31(22)24/h4-15,22-24H,1-3H3/t22-,23-,24-/m0/s1. The molecule has 0 radical (unpaired) electrons. The quantitative estimate of drug-likeness (QED) is 0.417. The Morgan fingerprint density at radius 3 is 2.29 bits per heavy atom. The minimum Gasteiger partial charge on any atom is -0.469 e. The van der Waals surface area contributed by atoms with Crippen LogP contribution in [0.4, 0.5) is 5.69 Å². The molecule has 2 aromatic carbocycles. The Balaban J connectivity index is 1.69. The second kappa shape index (κ2) is 7.28. The SMILES string of the molecule is CC(C)(C)C(=O)[C@@H]1[C@H](c2ccco2)C2(C(=O)c3ccccc3C2=O)[C@@H]2C=Cc3cc(Cl)ccc3N12. The molecule has 0 bridgehead atoms. The molecule has 6 rings (SSSR count). The predicted molar refractivity (Wildman–Crippen MR) is 134 cm³/mol. The van der Waals surface area contributed by atoms with Crippen LogP contribution in [-0.4, -0.2) is 29.4 Å². The minimum absolute atomic E-state index is 0.0615. The lowest BCUT2D eigenvalue weighted by atomic mass is 9.65. The first-order chi connectivity index (χ1) is 16.7. The molecule has 1 aromatic heterocycles. The summed E-state index contributed by atoms with van der Waals surface area (Å²) in [4.78, 5) is 44.8. The fourth-order valence-corrected chi connectivity index (χ4v) is 6.35. The van der Waals surface area contributed by atoms with Gasteiger partial charge in [0.15, 0.2) is 17.3 Å². The third-order valence-electron chi connectivity index (χ3n) is 7.62. The van der Waals surface area contributed by atoms with Crippen molar-refractivity contribution in [2.75, 3.05) is 4.90 Å². The van der Waals surface area contributed by atoms with Crippen molar-refractivity contribution in [1.29, 1.82) is 0 Å². The molecule has 3 aliphatic rings. The molecule has 0 amide bonds. The molecular formula is C29H24ClNO4. The predicted octanol–water partition coefficient (Wildman–Crippen LogP) is 5.98.